The molecule has 192 valence electrons. The van der Waals surface area contributed by atoms with Gasteiger partial charge in [-0.3, -0.25) is 14.8 Å². The van der Waals surface area contributed by atoms with Crippen LogP contribution in [0.3, 0.4) is 0 Å². The summed E-state index contributed by atoms with van der Waals surface area (Å²) in [6.07, 6.45) is 4.29. The molecule has 2 heterocycles. The summed E-state index contributed by atoms with van der Waals surface area (Å²) in [4.78, 5) is 39.6. The standard InChI is InChI=1S/C10H8N2.2C7H6O3.C3H7NO.Cd/c1-3-7-11-9(5-1)10-6-2-4-8-12-10;2*8-6-4-2-1-3-5(6)7(9)10;1-4(2)3-5;/h1-8H;2*1-4,8H,(H,9,10);3H,1-2H3;/q;;;;+2/p-2. The zero-order valence-corrected chi connectivity index (χ0v) is 24.8. The number of rotatable bonds is 4. The number of carboxylic acid groups (broad SMARTS) is 2. The minimum Gasteiger partial charge on any atom is -0.872 e. The molecule has 2 aromatic heterocycles. The first-order valence-electron chi connectivity index (χ1n) is 10.6. The molecule has 2 N–H and O–H groups in total. The maximum atomic E-state index is 10.7. The van der Waals surface area contributed by atoms with Crippen molar-refractivity contribution in [1.29, 1.82) is 0 Å². The van der Waals surface area contributed by atoms with E-state index >= 15 is 0 Å². The molecule has 0 unspecified atom stereocenters. The summed E-state index contributed by atoms with van der Waals surface area (Å²) in [7, 11) is 3.38. The van der Waals surface area contributed by atoms with Crippen molar-refractivity contribution in [2.75, 3.05) is 14.1 Å². The summed E-state index contributed by atoms with van der Waals surface area (Å²) in [5.74, 6) is -3.25. The Morgan fingerprint density at radius 2 is 1.21 bits per heavy atom. The van der Waals surface area contributed by atoms with E-state index in [0.717, 1.165) is 17.8 Å². The molecule has 0 saturated carbocycles. The van der Waals surface area contributed by atoms with Crippen LogP contribution in [0.15, 0.2) is 97.3 Å². The molecule has 0 saturated heterocycles. The Labute approximate surface area is 240 Å². The van der Waals surface area contributed by atoms with Gasteiger partial charge in [-0.2, -0.15) is 0 Å². The Morgan fingerprint density at radius 3 is 1.50 bits per heavy atom. The van der Waals surface area contributed by atoms with Crippen LogP contribution in [0.4, 0.5) is 0 Å². The minimum absolute atomic E-state index is 0. The fraction of sp³-hybridized carbons (Fsp3) is 0.0741. The molecule has 0 fully saturated rings. The maximum absolute atomic E-state index is 10.7. The molecule has 0 bridgehead atoms. The molecule has 11 heteroatoms. The van der Waals surface area contributed by atoms with E-state index in [2.05, 4.69) is 9.97 Å². The summed E-state index contributed by atoms with van der Waals surface area (Å²) in [6, 6.07) is 22.8. The van der Waals surface area contributed by atoms with Gasteiger partial charge in [-0.15, -0.1) is 0 Å². The van der Waals surface area contributed by atoms with E-state index in [9.17, 15) is 24.6 Å². The van der Waals surface area contributed by atoms with Crippen LogP contribution in [-0.2, 0) is 32.1 Å². The number of benzene rings is 2. The van der Waals surface area contributed by atoms with Crippen LogP contribution in [0.5, 0.6) is 11.5 Å². The molecule has 0 atom stereocenters. The zero-order valence-electron chi connectivity index (χ0n) is 20.8. The Hall–Kier alpha value is -4.33. The van der Waals surface area contributed by atoms with Crippen LogP contribution in [0, 0.1) is 0 Å². The SMILES string of the molecule is CN(C)C=O.O=C(O)c1ccccc1[O-].O=C([O-])c1ccccc1O.[Cd+2].c1ccc(-c2ccccn2)nc1. The van der Waals surface area contributed by atoms with E-state index < -0.39 is 17.7 Å². The zero-order chi connectivity index (χ0) is 27.6. The van der Waals surface area contributed by atoms with Gasteiger partial charge in [-0.1, -0.05) is 48.2 Å². The van der Waals surface area contributed by atoms with Crippen molar-refractivity contribution in [1.82, 2.24) is 14.9 Å². The van der Waals surface area contributed by atoms with Crippen LogP contribution in [0.25, 0.3) is 11.4 Å². The van der Waals surface area contributed by atoms with Gasteiger partial charge in [0, 0.05) is 32.1 Å². The fourth-order valence-electron chi connectivity index (χ4n) is 2.32. The van der Waals surface area contributed by atoms with Gasteiger partial charge in [0.2, 0.25) is 6.41 Å². The van der Waals surface area contributed by atoms with Crippen molar-refractivity contribution in [2.45, 2.75) is 0 Å². The molecule has 0 radical (unpaired) electrons. The number of pyridine rings is 2. The molecule has 0 spiro atoms. The summed E-state index contributed by atoms with van der Waals surface area (Å²) in [6.45, 7) is 0. The number of hydrogen-bond acceptors (Lipinski definition) is 8. The summed E-state index contributed by atoms with van der Waals surface area (Å²) in [5.41, 5.74) is 1.47. The number of nitrogens with zero attached hydrogens (tertiary/aromatic N) is 3. The second kappa shape index (κ2) is 18.9. The summed E-state index contributed by atoms with van der Waals surface area (Å²) >= 11 is 0. The number of phenols is 1. The molecule has 38 heavy (non-hydrogen) atoms. The van der Waals surface area contributed by atoms with Crippen molar-refractivity contribution in [3.63, 3.8) is 0 Å². The summed E-state index contributed by atoms with van der Waals surface area (Å²) in [5, 5.41) is 38.1. The van der Waals surface area contributed by atoms with Crippen molar-refractivity contribution < 1.29 is 62.1 Å². The Bertz CT molecular complexity index is 1160. The third-order valence-electron chi connectivity index (χ3n) is 4.04. The fourth-order valence-corrected chi connectivity index (χ4v) is 2.32. The summed E-state index contributed by atoms with van der Waals surface area (Å²) < 4.78 is 0. The van der Waals surface area contributed by atoms with Crippen molar-refractivity contribution in [2.24, 2.45) is 0 Å². The van der Waals surface area contributed by atoms with Crippen molar-refractivity contribution in [3.05, 3.63) is 108 Å². The molecule has 0 aliphatic carbocycles. The van der Waals surface area contributed by atoms with E-state index in [1.54, 1.807) is 32.6 Å². The molecule has 1 amide bonds. The Morgan fingerprint density at radius 1 is 0.789 bits per heavy atom. The predicted octanol–water partition coefficient (Wildman–Crippen LogP) is 2.06. The van der Waals surface area contributed by atoms with Gasteiger partial charge in [0.25, 0.3) is 0 Å². The molecule has 4 aromatic rings. The first-order chi connectivity index (χ1) is 17.7. The number of aromatic hydroxyl groups is 1. The van der Waals surface area contributed by atoms with Crippen LogP contribution in [0.1, 0.15) is 20.7 Å². The number of amides is 1. The molecular formula is C27H25CdN3O7. The topological polar surface area (TPSA) is 167 Å². The second-order valence-corrected chi connectivity index (χ2v) is 7.10. The molecule has 0 aliphatic rings. The average molecular weight is 616 g/mol. The van der Waals surface area contributed by atoms with Crippen LogP contribution in [-0.4, -0.2) is 57.5 Å². The first kappa shape index (κ1) is 33.7. The largest absolute Gasteiger partial charge is 2.00 e. The maximum Gasteiger partial charge on any atom is 2.00 e. The van der Waals surface area contributed by atoms with Gasteiger partial charge in [-0.25, -0.2) is 4.79 Å². The number of hydrogen-bond donors (Lipinski definition) is 2. The van der Waals surface area contributed by atoms with Crippen LogP contribution < -0.4 is 10.2 Å². The number of aromatic carboxylic acids is 2. The van der Waals surface area contributed by atoms with E-state index in [-0.39, 0.29) is 44.2 Å². The third-order valence-corrected chi connectivity index (χ3v) is 4.04. The predicted molar refractivity (Wildman–Crippen MR) is 133 cm³/mol. The van der Waals surface area contributed by atoms with Gasteiger partial charge in [-0.05, 0) is 42.5 Å². The minimum atomic E-state index is -1.36. The normalized spacial score (nSPS) is 8.79. The van der Waals surface area contributed by atoms with Crippen LogP contribution in [0.2, 0.25) is 0 Å². The van der Waals surface area contributed by atoms with Gasteiger partial charge in [0.15, 0.2) is 0 Å². The number of para-hydroxylation sites is 2. The van der Waals surface area contributed by atoms with Crippen LogP contribution >= 0.6 is 0 Å². The Kier molecular flexibility index (Phi) is 16.7. The van der Waals surface area contributed by atoms with Crippen molar-refractivity contribution in [3.8, 4) is 22.9 Å². The smallest absolute Gasteiger partial charge is 0.872 e. The quantitative estimate of drug-likeness (QED) is 0.258. The second-order valence-electron chi connectivity index (χ2n) is 7.10. The van der Waals surface area contributed by atoms with Crippen molar-refractivity contribution >= 4 is 18.3 Å². The van der Waals surface area contributed by atoms with E-state index in [1.165, 1.54) is 47.4 Å². The number of aromatic nitrogens is 2. The van der Waals surface area contributed by atoms with Gasteiger partial charge >= 0.3 is 33.3 Å². The molecule has 4 rings (SSSR count). The molecular weight excluding hydrogens is 591 g/mol. The molecule has 2 aromatic carbocycles. The number of carbonyl (C=O) groups is 3. The van der Waals surface area contributed by atoms with Gasteiger partial charge in [0.1, 0.15) is 5.75 Å². The molecule has 10 nitrogen and oxygen atoms in total. The third kappa shape index (κ3) is 13.1. The average Bonchev–Trinajstić information content (AvgIpc) is 2.91. The van der Waals surface area contributed by atoms with E-state index in [1.807, 2.05) is 36.4 Å². The number of carboxylic acids is 2. The monoisotopic (exact) mass is 617 g/mol. The Balaban J connectivity index is 0.000000494. The van der Waals surface area contributed by atoms with Gasteiger partial charge < -0.3 is 30.1 Å². The number of carbonyl (C=O) groups excluding carboxylic acids is 2. The first-order valence-corrected chi connectivity index (χ1v) is 10.6. The molecule has 0 aliphatic heterocycles. The van der Waals surface area contributed by atoms with E-state index in [4.69, 9.17) is 10.2 Å². The van der Waals surface area contributed by atoms with E-state index in [0.29, 0.717) is 0 Å². The van der Waals surface area contributed by atoms with Gasteiger partial charge in [0.05, 0.1) is 22.9 Å².